The molecule has 0 spiro atoms. The van der Waals surface area contributed by atoms with Gasteiger partial charge in [0.05, 0.1) is 11.9 Å². The van der Waals surface area contributed by atoms with Crippen molar-refractivity contribution in [1.29, 1.82) is 0 Å². The van der Waals surface area contributed by atoms with Crippen LogP contribution in [-0.2, 0) is 10.0 Å². The van der Waals surface area contributed by atoms with Gasteiger partial charge in [-0.3, -0.25) is 4.72 Å². The standard InChI is InChI=1S/C16H26N2O2S/c1-12-8-15(11-16(2,3)10-12)17-13-6-5-7-14(9-13)18-21(4,19)20/h5-7,9,12,15,17-18H,8,10-11H2,1-4H3. The first-order valence-corrected chi connectivity index (χ1v) is 9.36. The Hall–Kier alpha value is -1.23. The average molecular weight is 310 g/mol. The Morgan fingerprint density at radius 3 is 2.48 bits per heavy atom. The highest BCUT2D eigenvalue weighted by Gasteiger charge is 2.31. The van der Waals surface area contributed by atoms with Crippen LogP contribution in [0.3, 0.4) is 0 Å². The van der Waals surface area contributed by atoms with Crippen molar-refractivity contribution in [2.24, 2.45) is 11.3 Å². The molecule has 2 rings (SSSR count). The molecule has 0 heterocycles. The van der Waals surface area contributed by atoms with E-state index in [2.05, 4.69) is 30.8 Å². The Kier molecular flexibility index (Phi) is 4.51. The first-order valence-electron chi connectivity index (χ1n) is 7.47. The minimum Gasteiger partial charge on any atom is -0.382 e. The predicted octanol–water partition coefficient (Wildman–Crippen LogP) is 3.68. The molecule has 1 aromatic carbocycles. The molecule has 0 bridgehead atoms. The molecule has 1 aromatic rings. The number of anilines is 2. The van der Waals surface area contributed by atoms with Gasteiger partial charge in [0.25, 0.3) is 0 Å². The molecule has 1 aliphatic carbocycles. The van der Waals surface area contributed by atoms with Gasteiger partial charge in [0.1, 0.15) is 0 Å². The van der Waals surface area contributed by atoms with Crippen LogP contribution in [0.25, 0.3) is 0 Å². The number of sulfonamides is 1. The molecule has 118 valence electrons. The lowest BCUT2D eigenvalue weighted by Gasteiger charge is -2.39. The monoisotopic (exact) mass is 310 g/mol. The van der Waals surface area contributed by atoms with Crippen LogP contribution in [0.1, 0.15) is 40.0 Å². The minimum atomic E-state index is -3.23. The number of hydrogen-bond acceptors (Lipinski definition) is 3. The van der Waals surface area contributed by atoms with Gasteiger partial charge in [-0.2, -0.15) is 0 Å². The molecule has 2 N–H and O–H groups in total. The number of benzene rings is 1. The van der Waals surface area contributed by atoms with E-state index < -0.39 is 10.0 Å². The number of hydrogen-bond donors (Lipinski definition) is 2. The van der Waals surface area contributed by atoms with E-state index >= 15 is 0 Å². The van der Waals surface area contributed by atoms with Crippen LogP contribution in [-0.4, -0.2) is 20.7 Å². The molecule has 4 nitrogen and oxygen atoms in total. The second-order valence-corrected chi connectivity index (χ2v) is 8.96. The summed E-state index contributed by atoms with van der Waals surface area (Å²) < 4.78 is 25.1. The zero-order chi connectivity index (χ0) is 15.7. The van der Waals surface area contributed by atoms with E-state index in [0.29, 0.717) is 23.1 Å². The maximum Gasteiger partial charge on any atom is 0.229 e. The normalized spacial score (nSPS) is 25.3. The van der Waals surface area contributed by atoms with Crippen LogP contribution in [0.4, 0.5) is 11.4 Å². The van der Waals surface area contributed by atoms with Crippen LogP contribution < -0.4 is 10.0 Å². The lowest BCUT2D eigenvalue weighted by molar-refractivity contribution is 0.178. The fourth-order valence-electron chi connectivity index (χ4n) is 3.58. The third-order valence-electron chi connectivity index (χ3n) is 3.92. The van der Waals surface area contributed by atoms with Crippen LogP contribution in [0.2, 0.25) is 0 Å². The van der Waals surface area contributed by atoms with Gasteiger partial charge in [-0.1, -0.05) is 26.8 Å². The second-order valence-electron chi connectivity index (χ2n) is 7.21. The molecule has 0 amide bonds. The highest BCUT2D eigenvalue weighted by atomic mass is 32.2. The Morgan fingerprint density at radius 2 is 1.86 bits per heavy atom. The number of rotatable bonds is 4. The van der Waals surface area contributed by atoms with Crippen molar-refractivity contribution in [2.45, 2.75) is 46.1 Å². The van der Waals surface area contributed by atoms with E-state index in [1.165, 1.54) is 12.7 Å². The van der Waals surface area contributed by atoms with E-state index in [9.17, 15) is 8.42 Å². The van der Waals surface area contributed by atoms with Crippen LogP contribution in [0, 0.1) is 11.3 Å². The summed E-state index contributed by atoms with van der Waals surface area (Å²) in [4.78, 5) is 0. The maximum absolute atomic E-state index is 11.3. The molecule has 1 saturated carbocycles. The third-order valence-corrected chi connectivity index (χ3v) is 4.53. The molecule has 0 aliphatic heterocycles. The summed E-state index contributed by atoms with van der Waals surface area (Å²) in [6.07, 6.45) is 4.73. The SMILES string of the molecule is CC1CC(Nc2cccc(NS(C)(=O)=O)c2)CC(C)(C)C1. The summed E-state index contributed by atoms with van der Waals surface area (Å²) in [5.74, 6) is 0.712. The van der Waals surface area contributed by atoms with Gasteiger partial charge < -0.3 is 5.32 Å². The second kappa shape index (κ2) is 5.87. The first-order chi connectivity index (χ1) is 9.63. The lowest BCUT2D eigenvalue weighted by atomic mass is 9.70. The Bertz CT molecular complexity index is 596. The van der Waals surface area contributed by atoms with E-state index in [4.69, 9.17) is 0 Å². The zero-order valence-corrected chi connectivity index (χ0v) is 14.1. The van der Waals surface area contributed by atoms with Gasteiger partial charge in [0, 0.05) is 11.7 Å². The zero-order valence-electron chi connectivity index (χ0n) is 13.3. The summed E-state index contributed by atoms with van der Waals surface area (Å²) in [5, 5.41) is 3.56. The third kappa shape index (κ3) is 5.23. The highest BCUT2D eigenvalue weighted by Crippen LogP contribution is 2.39. The summed E-state index contributed by atoms with van der Waals surface area (Å²) in [7, 11) is -3.23. The van der Waals surface area contributed by atoms with Gasteiger partial charge in [0.15, 0.2) is 0 Å². The van der Waals surface area contributed by atoms with Gasteiger partial charge in [-0.25, -0.2) is 8.42 Å². The van der Waals surface area contributed by atoms with E-state index in [-0.39, 0.29) is 0 Å². The van der Waals surface area contributed by atoms with Gasteiger partial charge in [0.2, 0.25) is 10.0 Å². The maximum atomic E-state index is 11.3. The summed E-state index contributed by atoms with van der Waals surface area (Å²) in [5.41, 5.74) is 1.93. The lowest BCUT2D eigenvalue weighted by Crippen LogP contribution is -2.35. The summed E-state index contributed by atoms with van der Waals surface area (Å²) >= 11 is 0. The van der Waals surface area contributed by atoms with Crippen LogP contribution in [0.15, 0.2) is 24.3 Å². The van der Waals surface area contributed by atoms with Gasteiger partial charge in [-0.05, 0) is 48.8 Å². The number of nitrogens with one attached hydrogen (secondary N) is 2. The average Bonchev–Trinajstić information content (AvgIpc) is 2.23. The molecular weight excluding hydrogens is 284 g/mol. The molecule has 1 aliphatic rings. The van der Waals surface area contributed by atoms with E-state index in [1.807, 2.05) is 18.2 Å². The molecule has 1 fully saturated rings. The van der Waals surface area contributed by atoms with Crippen LogP contribution >= 0.6 is 0 Å². The molecule has 5 heteroatoms. The van der Waals surface area contributed by atoms with Crippen molar-refractivity contribution >= 4 is 21.4 Å². The van der Waals surface area contributed by atoms with E-state index in [1.54, 1.807) is 6.07 Å². The molecule has 0 aromatic heterocycles. The summed E-state index contributed by atoms with van der Waals surface area (Å²) in [6.45, 7) is 6.94. The molecular formula is C16H26N2O2S. The Labute approximate surface area is 128 Å². The highest BCUT2D eigenvalue weighted by molar-refractivity contribution is 7.92. The Morgan fingerprint density at radius 1 is 1.19 bits per heavy atom. The smallest absolute Gasteiger partial charge is 0.229 e. The molecule has 2 unspecified atom stereocenters. The van der Waals surface area contributed by atoms with Gasteiger partial charge >= 0.3 is 0 Å². The summed E-state index contributed by atoms with van der Waals surface area (Å²) in [6, 6.07) is 7.91. The van der Waals surface area contributed by atoms with Gasteiger partial charge in [-0.15, -0.1) is 0 Å². The minimum absolute atomic E-state index is 0.359. The first kappa shape index (κ1) is 16.1. The van der Waals surface area contributed by atoms with Crippen LogP contribution in [0.5, 0.6) is 0 Å². The molecule has 21 heavy (non-hydrogen) atoms. The Balaban J connectivity index is 2.07. The van der Waals surface area contributed by atoms with E-state index in [0.717, 1.165) is 18.5 Å². The largest absolute Gasteiger partial charge is 0.382 e. The fourth-order valence-corrected chi connectivity index (χ4v) is 4.13. The van der Waals surface area contributed by atoms with Crippen molar-refractivity contribution in [3.8, 4) is 0 Å². The fraction of sp³-hybridized carbons (Fsp3) is 0.625. The van der Waals surface area contributed by atoms with Crippen molar-refractivity contribution in [2.75, 3.05) is 16.3 Å². The van der Waals surface area contributed by atoms with Crippen molar-refractivity contribution in [3.05, 3.63) is 24.3 Å². The molecule has 2 atom stereocenters. The predicted molar refractivity (Wildman–Crippen MR) is 89.1 cm³/mol. The van der Waals surface area contributed by atoms with Crippen molar-refractivity contribution < 1.29 is 8.42 Å². The van der Waals surface area contributed by atoms with Crippen molar-refractivity contribution in [1.82, 2.24) is 0 Å². The molecule has 0 saturated heterocycles. The molecule has 0 radical (unpaired) electrons. The quantitative estimate of drug-likeness (QED) is 0.892. The van der Waals surface area contributed by atoms with Crippen molar-refractivity contribution in [3.63, 3.8) is 0 Å². The topological polar surface area (TPSA) is 58.2 Å².